The molecule has 0 saturated carbocycles. The Labute approximate surface area is 106 Å². The zero-order valence-electron chi connectivity index (χ0n) is 10.5. The molecule has 1 atom stereocenters. The van der Waals surface area contributed by atoms with Crippen LogP contribution in [0.4, 0.5) is 0 Å². The second kappa shape index (κ2) is 4.55. The maximum Gasteiger partial charge on any atom is 0.245 e. The molecule has 5 nitrogen and oxygen atoms in total. The minimum absolute atomic E-state index is 0.0286. The van der Waals surface area contributed by atoms with Crippen molar-refractivity contribution in [1.29, 1.82) is 0 Å². The van der Waals surface area contributed by atoms with Gasteiger partial charge in [-0.15, -0.1) is 10.2 Å². The van der Waals surface area contributed by atoms with E-state index in [1.807, 2.05) is 4.90 Å². The van der Waals surface area contributed by atoms with Crippen LogP contribution in [0, 0.1) is 0 Å². The summed E-state index contributed by atoms with van der Waals surface area (Å²) in [6, 6.07) is 0. The predicted octanol–water partition coefficient (Wildman–Crippen LogP) is 1.12. The quantitative estimate of drug-likeness (QED) is 0.735. The molecule has 0 aromatic carbocycles. The zero-order valence-corrected chi connectivity index (χ0v) is 10.5. The van der Waals surface area contributed by atoms with Crippen molar-refractivity contribution in [3.05, 3.63) is 24.3 Å². The van der Waals surface area contributed by atoms with Crippen molar-refractivity contribution in [2.75, 3.05) is 13.1 Å². The highest BCUT2D eigenvalue weighted by Gasteiger charge is 2.29. The molecule has 1 unspecified atom stereocenters. The molecule has 96 valence electrons. The fourth-order valence-electron chi connectivity index (χ4n) is 2.99. The van der Waals surface area contributed by atoms with E-state index < -0.39 is 0 Å². The number of hydrogen-bond donors (Lipinski definition) is 0. The second-order valence-corrected chi connectivity index (χ2v) is 5.06. The summed E-state index contributed by atoms with van der Waals surface area (Å²) in [6.45, 7) is 6.18. The average Bonchev–Trinajstić information content (AvgIpc) is 3.00. The van der Waals surface area contributed by atoms with E-state index in [1.54, 1.807) is 0 Å². The van der Waals surface area contributed by atoms with Crippen LogP contribution in [0.2, 0.25) is 0 Å². The lowest BCUT2D eigenvalue weighted by molar-refractivity contribution is -0.127. The first-order valence-electron chi connectivity index (χ1n) is 6.63. The van der Waals surface area contributed by atoms with E-state index in [9.17, 15) is 4.79 Å². The van der Waals surface area contributed by atoms with Gasteiger partial charge in [-0.2, -0.15) is 0 Å². The van der Waals surface area contributed by atoms with Gasteiger partial charge in [-0.05, 0) is 25.3 Å². The average molecular weight is 246 g/mol. The van der Waals surface area contributed by atoms with Crippen LogP contribution in [0.1, 0.15) is 36.8 Å². The van der Waals surface area contributed by atoms with E-state index in [1.165, 1.54) is 12.5 Å². The molecule has 0 aliphatic carbocycles. The van der Waals surface area contributed by atoms with Crippen molar-refractivity contribution in [3.63, 3.8) is 0 Å². The number of carbonyl (C=O) groups is 1. The van der Waals surface area contributed by atoms with Gasteiger partial charge in [-0.1, -0.05) is 6.58 Å². The van der Waals surface area contributed by atoms with E-state index in [2.05, 4.69) is 21.3 Å². The van der Waals surface area contributed by atoms with Crippen molar-refractivity contribution < 1.29 is 4.79 Å². The highest BCUT2D eigenvalue weighted by molar-refractivity contribution is 5.87. The maximum absolute atomic E-state index is 11.7. The summed E-state index contributed by atoms with van der Waals surface area (Å²) < 4.78 is 2.24. The van der Waals surface area contributed by atoms with Gasteiger partial charge in [-0.25, -0.2) is 0 Å². The van der Waals surface area contributed by atoms with Crippen molar-refractivity contribution in [2.24, 2.45) is 0 Å². The first kappa shape index (κ1) is 11.4. The molecular weight excluding hydrogens is 228 g/mol. The Morgan fingerprint density at radius 2 is 2.22 bits per heavy atom. The van der Waals surface area contributed by atoms with Gasteiger partial charge in [0, 0.05) is 32.0 Å². The molecule has 1 saturated heterocycles. The summed E-state index contributed by atoms with van der Waals surface area (Å²) >= 11 is 0. The summed E-state index contributed by atoms with van der Waals surface area (Å²) in [4.78, 5) is 13.6. The van der Waals surface area contributed by atoms with Gasteiger partial charge < -0.3 is 9.47 Å². The molecule has 2 aliphatic heterocycles. The van der Waals surface area contributed by atoms with E-state index in [4.69, 9.17) is 0 Å². The van der Waals surface area contributed by atoms with E-state index in [-0.39, 0.29) is 5.91 Å². The summed E-state index contributed by atoms with van der Waals surface area (Å²) in [7, 11) is 0. The van der Waals surface area contributed by atoms with Gasteiger partial charge in [0.2, 0.25) is 5.91 Å². The number of amides is 1. The Morgan fingerprint density at radius 3 is 3.06 bits per heavy atom. The minimum atomic E-state index is 0.0286. The number of rotatable bonds is 2. The number of likely N-dealkylation sites (tertiary alicyclic amines) is 1. The lowest BCUT2D eigenvalue weighted by Gasteiger charge is -2.31. The molecule has 5 heteroatoms. The lowest BCUT2D eigenvalue weighted by atomic mass is 9.97. The number of piperidine rings is 1. The van der Waals surface area contributed by atoms with Gasteiger partial charge in [0.05, 0.1) is 0 Å². The normalized spacial score (nSPS) is 22.9. The molecule has 1 aromatic rings. The molecule has 18 heavy (non-hydrogen) atoms. The number of hydrogen-bond acceptors (Lipinski definition) is 3. The summed E-state index contributed by atoms with van der Waals surface area (Å²) in [6.07, 6.45) is 5.73. The van der Waals surface area contributed by atoms with Crippen LogP contribution in [-0.2, 0) is 17.8 Å². The van der Waals surface area contributed by atoms with Crippen LogP contribution in [-0.4, -0.2) is 38.7 Å². The van der Waals surface area contributed by atoms with Crippen molar-refractivity contribution >= 4 is 5.91 Å². The Morgan fingerprint density at radius 1 is 1.33 bits per heavy atom. The monoisotopic (exact) mass is 246 g/mol. The smallest absolute Gasteiger partial charge is 0.245 e. The molecule has 3 heterocycles. The zero-order chi connectivity index (χ0) is 12.5. The largest absolute Gasteiger partial charge is 0.338 e. The van der Waals surface area contributed by atoms with Crippen LogP contribution in [0.15, 0.2) is 12.7 Å². The minimum Gasteiger partial charge on any atom is -0.338 e. The summed E-state index contributed by atoms with van der Waals surface area (Å²) in [5, 5.41) is 8.58. The fraction of sp³-hybridized carbons (Fsp3) is 0.615. The molecule has 1 aromatic heterocycles. The van der Waals surface area contributed by atoms with Gasteiger partial charge in [0.15, 0.2) is 0 Å². The van der Waals surface area contributed by atoms with Crippen LogP contribution in [0.3, 0.4) is 0 Å². The van der Waals surface area contributed by atoms with Crippen LogP contribution in [0.25, 0.3) is 0 Å². The number of carbonyl (C=O) groups excluding carboxylic acids is 1. The molecule has 0 radical (unpaired) electrons. The topological polar surface area (TPSA) is 51.0 Å². The highest BCUT2D eigenvalue weighted by Crippen LogP contribution is 2.28. The molecule has 0 N–H and O–H groups in total. The molecule has 1 amide bonds. The van der Waals surface area contributed by atoms with Gasteiger partial charge in [0.1, 0.15) is 11.6 Å². The Kier molecular flexibility index (Phi) is 2.89. The van der Waals surface area contributed by atoms with Crippen LogP contribution < -0.4 is 0 Å². The number of aromatic nitrogens is 3. The van der Waals surface area contributed by atoms with E-state index in [0.29, 0.717) is 5.92 Å². The van der Waals surface area contributed by atoms with Crippen LogP contribution in [0.5, 0.6) is 0 Å². The van der Waals surface area contributed by atoms with Gasteiger partial charge >= 0.3 is 0 Å². The molecule has 0 spiro atoms. The number of aryl methyl sites for hydroxylation is 1. The Hall–Kier alpha value is -1.65. The van der Waals surface area contributed by atoms with Crippen molar-refractivity contribution in [1.82, 2.24) is 19.7 Å². The van der Waals surface area contributed by atoms with Crippen molar-refractivity contribution in [2.45, 2.75) is 38.1 Å². The summed E-state index contributed by atoms with van der Waals surface area (Å²) in [5.74, 6) is 2.55. The predicted molar refractivity (Wildman–Crippen MR) is 67.1 cm³/mol. The summed E-state index contributed by atoms with van der Waals surface area (Å²) in [5.41, 5.74) is 0. The maximum atomic E-state index is 11.7. The highest BCUT2D eigenvalue weighted by atomic mass is 16.2. The number of fused-ring (bicyclic) bond motifs is 1. The first-order valence-corrected chi connectivity index (χ1v) is 6.63. The molecule has 3 rings (SSSR count). The fourth-order valence-corrected chi connectivity index (χ4v) is 2.99. The number of nitrogens with zero attached hydrogens (tertiary/aromatic N) is 4. The van der Waals surface area contributed by atoms with Crippen molar-refractivity contribution in [3.8, 4) is 0 Å². The van der Waals surface area contributed by atoms with E-state index >= 15 is 0 Å². The SMILES string of the molecule is C=CC(=O)N1CCCC(c2nnc3n2CCC3)C1. The standard InChI is InChI=1S/C13H18N4O/c1-2-12(18)16-7-3-5-10(9-16)13-15-14-11-6-4-8-17(11)13/h2,10H,1,3-9H2. The van der Waals surface area contributed by atoms with Gasteiger partial charge in [0.25, 0.3) is 0 Å². The second-order valence-electron chi connectivity index (χ2n) is 5.06. The Balaban J connectivity index is 1.79. The molecule has 1 fully saturated rings. The molecular formula is C13H18N4O. The molecule has 0 bridgehead atoms. The Bertz CT molecular complexity index is 479. The van der Waals surface area contributed by atoms with E-state index in [0.717, 1.165) is 50.5 Å². The first-order chi connectivity index (χ1) is 8.79. The third-order valence-electron chi connectivity index (χ3n) is 3.91. The van der Waals surface area contributed by atoms with Gasteiger partial charge in [-0.3, -0.25) is 4.79 Å². The third-order valence-corrected chi connectivity index (χ3v) is 3.91. The lowest BCUT2D eigenvalue weighted by Crippen LogP contribution is -2.38. The van der Waals surface area contributed by atoms with Crippen LogP contribution >= 0.6 is 0 Å². The molecule has 2 aliphatic rings. The third kappa shape index (κ3) is 1.83.